The summed E-state index contributed by atoms with van der Waals surface area (Å²) in [6.07, 6.45) is -5.13. The second kappa shape index (κ2) is 11.0. The Bertz CT molecular complexity index is 1110. The van der Waals surface area contributed by atoms with Gasteiger partial charge in [0.05, 0.1) is 19.8 Å². The lowest BCUT2D eigenvalue weighted by atomic mass is 9.82. The van der Waals surface area contributed by atoms with Crippen LogP contribution in [-0.4, -0.2) is 57.2 Å². The number of aliphatic hydroxyl groups excluding tert-OH is 2. The molecule has 1 saturated carbocycles. The Balaban J connectivity index is 1.48. The Kier molecular flexibility index (Phi) is 7.74. The van der Waals surface area contributed by atoms with Gasteiger partial charge in [-0.2, -0.15) is 0 Å². The molecule has 0 bridgehead atoms. The SMILES string of the molecule is C[C@]1(O)[C@H](OCc2ccccc2)[C@@H](OCc2ccccc2)[C@H](OCc2ccccc2)[C@@]12C[C@H](O)[C@H](O)O2. The highest BCUT2D eigenvalue weighted by atomic mass is 16.7. The average Bonchev–Trinajstić information content (AvgIpc) is 3.31. The quantitative estimate of drug-likeness (QED) is 0.410. The molecule has 7 nitrogen and oxygen atoms in total. The molecule has 0 aromatic heterocycles. The fourth-order valence-corrected chi connectivity index (χ4v) is 5.48. The molecule has 7 heteroatoms. The number of hydrogen-bond donors (Lipinski definition) is 3. The van der Waals surface area contributed by atoms with Gasteiger partial charge >= 0.3 is 0 Å². The van der Waals surface area contributed by atoms with Crippen molar-refractivity contribution in [2.75, 3.05) is 0 Å². The molecule has 1 spiro atoms. The first-order chi connectivity index (χ1) is 17.9. The first-order valence-electron chi connectivity index (χ1n) is 12.6. The summed E-state index contributed by atoms with van der Waals surface area (Å²) in [6, 6.07) is 29.1. The van der Waals surface area contributed by atoms with Crippen LogP contribution in [0.4, 0.5) is 0 Å². The molecular formula is C30H34O7. The third-order valence-electron chi connectivity index (χ3n) is 7.47. The van der Waals surface area contributed by atoms with E-state index in [-0.39, 0.29) is 26.2 Å². The van der Waals surface area contributed by atoms with Gasteiger partial charge in [-0.25, -0.2) is 0 Å². The van der Waals surface area contributed by atoms with Gasteiger partial charge in [-0.1, -0.05) is 91.0 Å². The van der Waals surface area contributed by atoms with Crippen LogP contribution in [-0.2, 0) is 38.8 Å². The highest BCUT2D eigenvalue weighted by Crippen LogP contribution is 2.53. The van der Waals surface area contributed by atoms with Crippen LogP contribution in [0.1, 0.15) is 30.0 Å². The van der Waals surface area contributed by atoms with E-state index >= 15 is 0 Å². The molecule has 0 unspecified atom stereocenters. The zero-order valence-corrected chi connectivity index (χ0v) is 20.9. The summed E-state index contributed by atoms with van der Waals surface area (Å²) in [6.45, 7) is 2.34. The summed E-state index contributed by atoms with van der Waals surface area (Å²) in [5.41, 5.74) is -0.270. The number of benzene rings is 3. The minimum atomic E-state index is -1.65. The van der Waals surface area contributed by atoms with E-state index in [1.807, 2.05) is 91.0 Å². The molecule has 3 N–H and O–H groups in total. The van der Waals surface area contributed by atoms with Crippen molar-refractivity contribution in [1.29, 1.82) is 0 Å². The lowest BCUT2D eigenvalue weighted by Gasteiger charge is -2.40. The summed E-state index contributed by atoms with van der Waals surface area (Å²) in [7, 11) is 0. The highest BCUT2D eigenvalue weighted by Gasteiger charge is 2.73. The van der Waals surface area contributed by atoms with Crippen molar-refractivity contribution in [3.05, 3.63) is 108 Å². The van der Waals surface area contributed by atoms with Crippen molar-refractivity contribution in [2.24, 2.45) is 0 Å². The van der Waals surface area contributed by atoms with Gasteiger partial charge in [-0.05, 0) is 23.6 Å². The Hall–Kier alpha value is -2.62. The van der Waals surface area contributed by atoms with Crippen molar-refractivity contribution in [3.8, 4) is 0 Å². The van der Waals surface area contributed by atoms with Crippen LogP contribution in [0.5, 0.6) is 0 Å². The molecule has 5 rings (SSSR count). The maximum absolute atomic E-state index is 12.0. The van der Waals surface area contributed by atoms with Gasteiger partial charge in [-0.15, -0.1) is 0 Å². The Morgan fingerprint density at radius 2 is 1.14 bits per heavy atom. The summed E-state index contributed by atoms with van der Waals surface area (Å²) in [4.78, 5) is 0. The number of rotatable bonds is 9. The van der Waals surface area contributed by atoms with Crippen LogP contribution in [0.3, 0.4) is 0 Å². The molecule has 0 radical (unpaired) electrons. The summed E-state index contributed by atoms with van der Waals surface area (Å²) < 4.78 is 25.2. The molecule has 0 amide bonds. The molecule has 1 aliphatic heterocycles. The van der Waals surface area contributed by atoms with Crippen LogP contribution in [0.25, 0.3) is 0 Å². The van der Waals surface area contributed by atoms with Crippen molar-refractivity contribution in [2.45, 2.75) is 75.1 Å². The Morgan fingerprint density at radius 3 is 1.57 bits per heavy atom. The van der Waals surface area contributed by atoms with E-state index in [2.05, 4.69) is 0 Å². The molecular weight excluding hydrogens is 472 g/mol. The fraction of sp³-hybridized carbons (Fsp3) is 0.400. The number of ether oxygens (including phenoxy) is 4. The van der Waals surface area contributed by atoms with E-state index < -0.39 is 41.9 Å². The van der Waals surface area contributed by atoms with Gasteiger partial charge in [-0.3, -0.25) is 0 Å². The van der Waals surface area contributed by atoms with Crippen LogP contribution in [0.2, 0.25) is 0 Å². The summed E-state index contributed by atoms with van der Waals surface area (Å²) >= 11 is 0. The van der Waals surface area contributed by atoms with Crippen molar-refractivity contribution in [3.63, 3.8) is 0 Å². The van der Waals surface area contributed by atoms with Crippen molar-refractivity contribution < 1.29 is 34.3 Å². The van der Waals surface area contributed by atoms with Gasteiger partial charge in [0.1, 0.15) is 35.6 Å². The maximum atomic E-state index is 12.0. The maximum Gasteiger partial charge on any atom is 0.181 e. The molecule has 1 saturated heterocycles. The zero-order valence-electron chi connectivity index (χ0n) is 20.9. The minimum absolute atomic E-state index is 0.0307. The fourth-order valence-electron chi connectivity index (χ4n) is 5.48. The van der Waals surface area contributed by atoms with E-state index in [4.69, 9.17) is 18.9 Å². The third-order valence-corrected chi connectivity index (χ3v) is 7.47. The van der Waals surface area contributed by atoms with E-state index in [0.29, 0.717) is 0 Å². The molecule has 7 atom stereocenters. The van der Waals surface area contributed by atoms with Crippen LogP contribution >= 0.6 is 0 Å². The van der Waals surface area contributed by atoms with E-state index in [0.717, 1.165) is 16.7 Å². The normalized spacial score (nSPS) is 33.2. The predicted octanol–water partition coefficient (Wildman–Crippen LogP) is 3.35. The van der Waals surface area contributed by atoms with Gasteiger partial charge in [0.2, 0.25) is 0 Å². The third kappa shape index (κ3) is 5.22. The predicted molar refractivity (Wildman–Crippen MR) is 136 cm³/mol. The second-order valence-electron chi connectivity index (χ2n) is 10.0. The molecule has 37 heavy (non-hydrogen) atoms. The Morgan fingerprint density at radius 1 is 0.703 bits per heavy atom. The smallest absolute Gasteiger partial charge is 0.181 e. The summed E-state index contributed by atoms with van der Waals surface area (Å²) in [5.74, 6) is 0. The number of aliphatic hydroxyl groups is 3. The molecule has 2 fully saturated rings. The monoisotopic (exact) mass is 506 g/mol. The summed E-state index contributed by atoms with van der Waals surface area (Å²) in [5, 5.41) is 33.0. The largest absolute Gasteiger partial charge is 0.388 e. The highest BCUT2D eigenvalue weighted by molar-refractivity contribution is 5.24. The van der Waals surface area contributed by atoms with Crippen LogP contribution < -0.4 is 0 Å². The van der Waals surface area contributed by atoms with Crippen LogP contribution in [0, 0.1) is 0 Å². The van der Waals surface area contributed by atoms with Gasteiger partial charge in [0.15, 0.2) is 6.29 Å². The molecule has 196 valence electrons. The van der Waals surface area contributed by atoms with Crippen molar-refractivity contribution in [1.82, 2.24) is 0 Å². The Labute approximate surface area is 217 Å². The topological polar surface area (TPSA) is 97.6 Å². The lowest BCUT2D eigenvalue weighted by molar-refractivity contribution is -0.250. The molecule has 1 heterocycles. The minimum Gasteiger partial charge on any atom is -0.388 e. The van der Waals surface area contributed by atoms with Gasteiger partial charge < -0.3 is 34.3 Å². The number of hydrogen-bond acceptors (Lipinski definition) is 7. The van der Waals surface area contributed by atoms with E-state index in [9.17, 15) is 15.3 Å². The standard InChI is InChI=1S/C30H34O7/c1-29(33)26(35-19-22-13-7-3-8-14-22)25(34-18-21-11-5-2-6-12-21)27(30(29)17-24(31)28(32)37-30)36-20-23-15-9-4-10-16-23/h2-16,24-28,31-33H,17-20H2,1H3/t24-,25+,26+,27-,28+,29-,30-/m0/s1. The van der Waals surface area contributed by atoms with Gasteiger partial charge in [0.25, 0.3) is 0 Å². The van der Waals surface area contributed by atoms with E-state index in [1.54, 1.807) is 6.92 Å². The second-order valence-corrected chi connectivity index (χ2v) is 10.0. The first kappa shape index (κ1) is 26.0. The van der Waals surface area contributed by atoms with Gasteiger partial charge in [0, 0.05) is 6.42 Å². The molecule has 3 aromatic carbocycles. The first-order valence-corrected chi connectivity index (χ1v) is 12.6. The molecule has 2 aliphatic rings. The average molecular weight is 507 g/mol. The molecule has 3 aromatic rings. The zero-order chi connectivity index (χ0) is 25.9. The van der Waals surface area contributed by atoms with Crippen molar-refractivity contribution >= 4 is 0 Å². The van der Waals surface area contributed by atoms with E-state index in [1.165, 1.54) is 0 Å². The molecule has 1 aliphatic carbocycles. The van der Waals surface area contributed by atoms with Crippen LogP contribution in [0.15, 0.2) is 91.0 Å². The lowest BCUT2D eigenvalue weighted by Crippen LogP contribution is -2.58.